The molecule has 0 saturated heterocycles. The summed E-state index contributed by atoms with van der Waals surface area (Å²) in [4.78, 5) is 11.4. The summed E-state index contributed by atoms with van der Waals surface area (Å²) in [5.74, 6) is -0.0780. The van der Waals surface area contributed by atoms with Crippen molar-refractivity contribution in [3.05, 3.63) is 53.3 Å². The van der Waals surface area contributed by atoms with Gasteiger partial charge < -0.3 is 15.7 Å². The summed E-state index contributed by atoms with van der Waals surface area (Å²) < 4.78 is 1.72. The summed E-state index contributed by atoms with van der Waals surface area (Å²) in [5, 5.41) is 18.9. The van der Waals surface area contributed by atoms with Gasteiger partial charge in [0.2, 0.25) is 0 Å². The lowest BCUT2D eigenvalue weighted by molar-refractivity contribution is 0.0963. The van der Waals surface area contributed by atoms with E-state index in [-0.39, 0.29) is 12.5 Å². The molecule has 0 unspecified atom stereocenters. The highest BCUT2D eigenvalue weighted by molar-refractivity contribution is 5.93. The standard InChI is InChI=1S/C15H20N4O2/c1-16-15(21)14-4-2-12(3-5-14)8-17-9-13-10-18-19(11-13)6-7-20/h2-5,10-11,17,20H,6-9H2,1H3,(H,16,21). The van der Waals surface area contributed by atoms with Crippen molar-refractivity contribution in [1.29, 1.82) is 0 Å². The van der Waals surface area contributed by atoms with Crippen LogP contribution in [0.4, 0.5) is 0 Å². The molecular formula is C15H20N4O2. The summed E-state index contributed by atoms with van der Waals surface area (Å²) in [5.41, 5.74) is 2.85. The second-order valence-electron chi connectivity index (χ2n) is 4.71. The highest BCUT2D eigenvalue weighted by Gasteiger charge is 2.02. The second-order valence-corrected chi connectivity index (χ2v) is 4.71. The van der Waals surface area contributed by atoms with E-state index >= 15 is 0 Å². The Kier molecular flexibility index (Phi) is 5.48. The first kappa shape index (κ1) is 15.2. The van der Waals surface area contributed by atoms with Crippen molar-refractivity contribution in [3.8, 4) is 0 Å². The van der Waals surface area contributed by atoms with Crippen LogP contribution < -0.4 is 10.6 Å². The minimum absolute atomic E-state index is 0.0780. The molecule has 1 aromatic carbocycles. The van der Waals surface area contributed by atoms with Crippen LogP contribution in [0, 0.1) is 0 Å². The van der Waals surface area contributed by atoms with Crippen LogP contribution >= 0.6 is 0 Å². The third-order valence-electron chi connectivity index (χ3n) is 3.12. The largest absolute Gasteiger partial charge is 0.394 e. The number of nitrogens with one attached hydrogen (secondary N) is 2. The Morgan fingerprint density at radius 1 is 1.24 bits per heavy atom. The number of nitrogens with zero attached hydrogens (tertiary/aromatic N) is 2. The second kappa shape index (κ2) is 7.56. The molecule has 0 saturated carbocycles. The maximum atomic E-state index is 11.4. The Labute approximate surface area is 123 Å². The number of rotatable bonds is 7. The van der Waals surface area contributed by atoms with Crippen molar-refractivity contribution in [3.63, 3.8) is 0 Å². The molecule has 0 radical (unpaired) electrons. The number of benzene rings is 1. The van der Waals surface area contributed by atoms with Crippen molar-refractivity contribution in [2.75, 3.05) is 13.7 Å². The molecule has 0 bridgehead atoms. The zero-order valence-corrected chi connectivity index (χ0v) is 12.0. The van der Waals surface area contributed by atoms with Crippen LogP contribution in [0.25, 0.3) is 0 Å². The Bertz CT molecular complexity index is 578. The van der Waals surface area contributed by atoms with Crippen LogP contribution in [0.2, 0.25) is 0 Å². The van der Waals surface area contributed by atoms with Crippen LogP contribution in [0.1, 0.15) is 21.5 Å². The lowest BCUT2D eigenvalue weighted by Crippen LogP contribution is -2.18. The van der Waals surface area contributed by atoms with E-state index in [0.29, 0.717) is 18.7 Å². The molecule has 0 fully saturated rings. The number of carbonyl (C=O) groups excluding carboxylic acids is 1. The van der Waals surface area contributed by atoms with Crippen LogP contribution in [0.15, 0.2) is 36.7 Å². The predicted octanol–water partition coefficient (Wildman–Crippen LogP) is 0.525. The van der Waals surface area contributed by atoms with Crippen molar-refractivity contribution in [2.45, 2.75) is 19.6 Å². The van der Waals surface area contributed by atoms with Gasteiger partial charge in [0.15, 0.2) is 0 Å². The molecule has 0 aliphatic carbocycles. The van der Waals surface area contributed by atoms with Crippen LogP contribution in [-0.2, 0) is 19.6 Å². The maximum absolute atomic E-state index is 11.4. The molecule has 0 aliphatic heterocycles. The fraction of sp³-hybridized carbons (Fsp3) is 0.333. The first-order valence-corrected chi connectivity index (χ1v) is 6.87. The van der Waals surface area contributed by atoms with Crippen LogP contribution in [0.3, 0.4) is 0 Å². The summed E-state index contributed by atoms with van der Waals surface area (Å²) in [6, 6.07) is 7.50. The lowest BCUT2D eigenvalue weighted by atomic mass is 10.1. The number of hydrogen-bond acceptors (Lipinski definition) is 4. The van der Waals surface area contributed by atoms with Crippen molar-refractivity contribution < 1.29 is 9.90 Å². The van der Waals surface area contributed by atoms with E-state index in [1.54, 1.807) is 17.9 Å². The maximum Gasteiger partial charge on any atom is 0.251 e. The fourth-order valence-corrected chi connectivity index (χ4v) is 1.99. The topological polar surface area (TPSA) is 79.2 Å². The molecule has 3 N–H and O–H groups in total. The minimum atomic E-state index is -0.0780. The van der Waals surface area contributed by atoms with Gasteiger partial charge in [-0.3, -0.25) is 9.48 Å². The highest BCUT2D eigenvalue weighted by atomic mass is 16.3. The summed E-state index contributed by atoms with van der Waals surface area (Å²) >= 11 is 0. The van der Waals surface area contributed by atoms with Crippen LogP contribution in [0.5, 0.6) is 0 Å². The molecule has 0 aliphatic rings. The van der Waals surface area contributed by atoms with Gasteiger partial charge in [-0.25, -0.2) is 0 Å². The molecule has 6 heteroatoms. The van der Waals surface area contributed by atoms with Gasteiger partial charge in [-0.2, -0.15) is 5.10 Å². The Balaban J connectivity index is 1.81. The quantitative estimate of drug-likeness (QED) is 0.694. The molecule has 21 heavy (non-hydrogen) atoms. The monoisotopic (exact) mass is 288 g/mol. The number of carbonyl (C=O) groups is 1. The molecule has 1 heterocycles. The molecule has 0 spiro atoms. The molecule has 2 aromatic rings. The number of aromatic nitrogens is 2. The van der Waals surface area contributed by atoms with Gasteiger partial charge in [-0.05, 0) is 17.7 Å². The fourth-order valence-electron chi connectivity index (χ4n) is 1.99. The van der Waals surface area contributed by atoms with Gasteiger partial charge in [0, 0.05) is 37.5 Å². The summed E-state index contributed by atoms with van der Waals surface area (Å²) in [7, 11) is 1.62. The third kappa shape index (κ3) is 4.40. The molecule has 6 nitrogen and oxygen atoms in total. The van der Waals surface area contributed by atoms with Gasteiger partial charge in [0.25, 0.3) is 5.91 Å². The van der Waals surface area contributed by atoms with E-state index in [4.69, 9.17) is 5.11 Å². The van der Waals surface area contributed by atoms with Crippen molar-refractivity contribution >= 4 is 5.91 Å². The average Bonchev–Trinajstić information content (AvgIpc) is 2.95. The molecular weight excluding hydrogens is 268 g/mol. The molecule has 112 valence electrons. The Morgan fingerprint density at radius 2 is 1.95 bits per heavy atom. The first-order chi connectivity index (χ1) is 10.2. The summed E-state index contributed by atoms with van der Waals surface area (Å²) in [6.45, 7) is 2.04. The van der Waals surface area contributed by atoms with E-state index in [2.05, 4.69) is 15.7 Å². The predicted molar refractivity (Wildman–Crippen MR) is 79.7 cm³/mol. The highest BCUT2D eigenvalue weighted by Crippen LogP contribution is 2.05. The summed E-state index contributed by atoms with van der Waals surface area (Å²) in [6.07, 6.45) is 3.70. The zero-order chi connectivity index (χ0) is 15.1. The Hall–Kier alpha value is -2.18. The third-order valence-corrected chi connectivity index (χ3v) is 3.12. The van der Waals surface area contributed by atoms with Gasteiger partial charge in [0.05, 0.1) is 19.3 Å². The average molecular weight is 288 g/mol. The van der Waals surface area contributed by atoms with Gasteiger partial charge in [-0.1, -0.05) is 12.1 Å². The lowest BCUT2D eigenvalue weighted by Gasteiger charge is -2.05. The van der Waals surface area contributed by atoms with Crippen LogP contribution in [-0.4, -0.2) is 34.4 Å². The number of amides is 1. The first-order valence-electron chi connectivity index (χ1n) is 6.87. The molecule has 0 atom stereocenters. The molecule has 1 aromatic heterocycles. The number of aliphatic hydroxyl groups is 1. The number of hydrogen-bond donors (Lipinski definition) is 3. The van der Waals surface area contributed by atoms with E-state index in [0.717, 1.165) is 17.7 Å². The minimum Gasteiger partial charge on any atom is -0.394 e. The van der Waals surface area contributed by atoms with E-state index in [9.17, 15) is 4.79 Å². The van der Waals surface area contributed by atoms with Gasteiger partial charge in [0.1, 0.15) is 0 Å². The van der Waals surface area contributed by atoms with E-state index in [1.807, 2.05) is 30.5 Å². The SMILES string of the molecule is CNC(=O)c1ccc(CNCc2cnn(CCO)c2)cc1. The smallest absolute Gasteiger partial charge is 0.251 e. The van der Waals surface area contributed by atoms with Gasteiger partial charge >= 0.3 is 0 Å². The normalized spacial score (nSPS) is 10.6. The Morgan fingerprint density at radius 3 is 2.62 bits per heavy atom. The molecule has 1 amide bonds. The van der Waals surface area contributed by atoms with Crippen molar-refractivity contribution in [2.24, 2.45) is 0 Å². The van der Waals surface area contributed by atoms with Gasteiger partial charge in [-0.15, -0.1) is 0 Å². The van der Waals surface area contributed by atoms with E-state index < -0.39 is 0 Å². The van der Waals surface area contributed by atoms with E-state index in [1.165, 1.54) is 0 Å². The number of aliphatic hydroxyl groups excluding tert-OH is 1. The van der Waals surface area contributed by atoms with Crippen molar-refractivity contribution in [1.82, 2.24) is 20.4 Å². The molecule has 2 rings (SSSR count). The zero-order valence-electron chi connectivity index (χ0n) is 12.0.